The molecule has 0 aliphatic heterocycles. The number of alkyl halides is 3. The number of rotatable bonds is 5. The minimum absolute atomic E-state index is 0.168. The Morgan fingerprint density at radius 1 is 1.19 bits per heavy atom. The van der Waals surface area contributed by atoms with Crippen LogP contribution in [0.1, 0.15) is 22.3 Å². The first kappa shape index (κ1) is 16.5. The SMILES string of the molecule is NC(=O)C[C@@H](NC(=O)c1ccc(C(F)(F)F)cc1)C(=O)O. The molecule has 6 nitrogen and oxygen atoms in total. The third-order valence-corrected chi connectivity index (χ3v) is 2.48. The Hall–Kier alpha value is -2.58. The molecule has 1 atom stereocenters. The van der Waals surface area contributed by atoms with E-state index in [9.17, 15) is 27.6 Å². The molecule has 114 valence electrons. The Morgan fingerprint density at radius 3 is 2.10 bits per heavy atom. The number of hydrogen-bond acceptors (Lipinski definition) is 3. The smallest absolute Gasteiger partial charge is 0.416 e. The van der Waals surface area contributed by atoms with Crippen LogP contribution in [0.15, 0.2) is 24.3 Å². The molecule has 21 heavy (non-hydrogen) atoms. The highest BCUT2D eigenvalue weighted by molar-refractivity contribution is 5.97. The van der Waals surface area contributed by atoms with E-state index in [4.69, 9.17) is 10.8 Å². The van der Waals surface area contributed by atoms with Gasteiger partial charge in [0, 0.05) is 5.56 Å². The lowest BCUT2D eigenvalue weighted by Gasteiger charge is -2.13. The van der Waals surface area contributed by atoms with E-state index < -0.39 is 42.0 Å². The van der Waals surface area contributed by atoms with Crippen LogP contribution in [0.4, 0.5) is 13.2 Å². The quantitative estimate of drug-likeness (QED) is 0.746. The van der Waals surface area contributed by atoms with Gasteiger partial charge in [0.2, 0.25) is 5.91 Å². The van der Waals surface area contributed by atoms with Crippen molar-refractivity contribution in [1.82, 2.24) is 5.32 Å². The molecular formula is C12H11F3N2O4. The summed E-state index contributed by atoms with van der Waals surface area (Å²) in [6.07, 6.45) is -5.16. The summed E-state index contributed by atoms with van der Waals surface area (Å²) in [6.45, 7) is 0. The van der Waals surface area contributed by atoms with Crippen molar-refractivity contribution < 1.29 is 32.7 Å². The lowest BCUT2D eigenvalue weighted by atomic mass is 10.1. The van der Waals surface area contributed by atoms with Gasteiger partial charge in [-0.2, -0.15) is 13.2 Å². The molecule has 1 rings (SSSR count). The first-order valence-electron chi connectivity index (χ1n) is 5.60. The molecule has 0 aromatic heterocycles. The van der Waals surface area contributed by atoms with Gasteiger partial charge < -0.3 is 16.2 Å². The first-order chi connectivity index (χ1) is 9.61. The topological polar surface area (TPSA) is 109 Å². The number of carboxylic acids is 1. The zero-order valence-corrected chi connectivity index (χ0v) is 10.5. The van der Waals surface area contributed by atoms with Crippen molar-refractivity contribution in [3.8, 4) is 0 Å². The van der Waals surface area contributed by atoms with Crippen molar-refractivity contribution in [3.63, 3.8) is 0 Å². The summed E-state index contributed by atoms with van der Waals surface area (Å²) < 4.78 is 37.1. The highest BCUT2D eigenvalue weighted by Crippen LogP contribution is 2.29. The maximum atomic E-state index is 12.4. The summed E-state index contributed by atoms with van der Waals surface area (Å²) >= 11 is 0. The second kappa shape index (κ2) is 6.25. The van der Waals surface area contributed by atoms with Gasteiger partial charge in [0.1, 0.15) is 6.04 Å². The Bertz CT molecular complexity index is 555. The Labute approximate surface area is 116 Å². The number of carboxylic acid groups (broad SMARTS) is 1. The molecule has 0 fully saturated rings. The van der Waals surface area contributed by atoms with E-state index in [0.717, 1.165) is 12.1 Å². The number of primary amides is 1. The van der Waals surface area contributed by atoms with Gasteiger partial charge in [-0.25, -0.2) is 4.79 Å². The standard InChI is InChI=1S/C12H11F3N2O4/c13-12(14,15)7-3-1-6(2-4-7)10(19)17-8(11(20)21)5-9(16)18/h1-4,8H,5H2,(H2,16,18)(H,17,19)(H,20,21)/t8-/m1/s1. The molecular weight excluding hydrogens is 293 g/mol. The maximum Gasteiger partial charge on any atom is 0.416 e. The molecule has 9 heteroatoms. The fraction of sp³-hybridized carbons (Fsp3) is 0.250. The summed E-state index contributed by atoms with van der Waals surface area (Å²) in [7, 11) is 0. The number of nitrogens with one attached hydrogen (secondary N) is 1. The van der Waals surface area contributed by atoms with Crippen molar-refractivity contribution in [1.29, 1.82) is 0 Å². The van der Waals surface area contributed by atoms with E-state index in [1.54, 1.807) is 0 Å². The van der Waals surface area contributed by atoms with Gasteiger partial charge in [0.15, 0.2) is 0 Å². The Balaban J connectivity index is 2.83. The summed E-state index contributed by atoms with van der Waals surface area (Å²) in [6, 6.07) is 1.65. The van der Waals surface area contributed by atoms with Crippen LogP contribution in [0, 0.1) is 0 Å². The number of aliphatic carboxylic acids is 1. The van der Waals surface area contributed by atoms with Gasteiger partial charge >= 0.3 is 12.1 Å². The van der Waals surface area contributed by atoms with Crippen molar-refractivity contribution in [3.05, 3.63) is 35.4 Å². The molecule has 0 aliphatic rings. The van der Waals surface area contributed by atoms with Gasteiger partial charge in [-0.15, -0.1) is 0 Å². The van der Waals surface area contributed by atoms with Crippen molar-refractivity contribution in [2.75, 3.05) is 0 Å². The number of halogens is 3. The summed E-state index contributed by atoms with van der Waals surface area (Å²) in [5.41, 5.74) is 3.73. The highest BCUT2D eigenvalue weighted by Gasteiger charge is 2.30. The number of carbonyl (C=O) groups excluding carboxylic acids is 2. The van der Waals surface area contributed by atoms with Crippen LogP contribution in [0.25, 0.3) is 0 Å². The van der Waals surface area contributed by atoms with E-state index in [0.29, 0.717) is 12.1 Å². The molecule has 0 unspecified atom stereocenters. The molecule has 0 bridgehead atoms. The Kier molecular flexibility index (Phi) is 4.90. The number of hydrogen-bond donors (Lipinski definition) is 3. The second-order valence-electron chi connectivity index (χ2n) is 4.11. The summed E-state index contributed by atoms with van der Waals surface area (Å²) in [5, 5.41) is 10.8. The minimum Gasteiger partial charge on any atom is -0.480 e. The fourth-order valence-electron chi connectivity index (χ4n) is 1.45. The maximum absolute atomic E-state index is 12.4. The molecule has 0 radical (unpaired) electrons. The van der Waals surface area contributed by atoms with E-state index >= 15 is 0 Å². The molecule has 1 aromatic carbocycles. The monoisotopic (exact) mass is 304 g/mol. The average Bonchev–Trinajstić information content (AvgIpc) is 2.36. The molecule has 0 saturated carbocycles. The predicted octanol–water partition coefficient (Wildman–Crippen LogP) is 0.764. The molecule has 0 heterocycles. The van der Waals surface area contributed by atoms with Gasteiger partial charge in [-0.05, 0) is 24.3 Å². The zero-order chi connectivity index (χ0) is 16.2. The van der Waals surface area contributed by atoms with Gasteiger partial charge in [-0.3, -0.25) is 9.59 Å². The highest BCUT2D eigenvalue weighted by atomic mass is 19.4. The molecule has 4 N–H and O–H groups in total. The lowest BCUT2D eigenvalue weighted by Crippen LogP contribution is -2.43. The van der Waals surface area contributed by atoms with Crippen LogP contribution in [-0.4, -0.2) is 28.9 Å². The zero-order valence-electron chi connectivity index (χ0n) is 10.5. The van der Waals surface area contributed by atoms with Gasteiger partial charge in [-0.1, -0.05) is 0 Å². The third-order valence-electron chi connectivity index (χ3n) is 2.48. The predicted molar refractivity (Wildman–Crippen MR) is 64.1 cm³/mol. The molecule has 1 aromatic rings. The van der Waals surface area contributed by atoms with Gasteiger partial charge in [0.25, 0.3) is 5.91 Å². The average molecular weight is 304 g/mol. The molecule has 0 spiro atoms. The van der Waals surface area contributed by atoms with E-state index in [1.807, 2.05) is 5.32 Å². The third kappa shape index (κ3) is 4.79. The largest absolute Gasteiger partial charge is 0.480 e. The minimum atomic E-state index is -4.54. The number of carbonyl (C=O) groups is 3. The molecule has 2 amide bonds. The van der Waals surface area contributed by atoms with Crippen molar-refractivity contribution in [2.24, 2.45) is 5.73 Å². The first-order valence-corrected chi connectivity index (χ1v) is 5.60. The van der Waals surface area contributed by atoms with Crippen LogP contribution >= 0.6 is 0 Å². The van der Waals surface area contributed by atoms with Crippen LogP contribution in [0.5, 0.6) is 0 Å². The second-order valence-corrected chi connectivity index (χ2v) is 4.11. The summed E-state index contributed by atoms with van der Waals surface area (Å²) in [4.78, 5) is 33.2. The summed E-state index contributed by atoms with van der Waals surface area (Å²) in [5.74, 6) is -3.33. The normalized spacial score (nSPS) is 12.5. The van der Waals surface area contributed by atoms with Crippen LogP contribution in [0.2, 0.25) is 0 Å². The van der Waals surface area contributed by atoms with Crippen LogP contribution in [-0.2, 0) is 15.8 Å². The van der Waals surface area contributed by atoms with Crippen molar-refractivity contribution in [2.45, 2.75) is 18.6 Å². The number of nitrogens with two attached hydrogens (primary N) is 1. The van der Waals surface area contributed by atoms with Crippen LogP contribution < -0.4 is 11.1 Å². The number of amides is 2. The molecule has 0 aliphatic carbocycles. The fourth-order valence-corrected chi connectivity index (χ4v) is 1.45. The van der Waals surface area contributed by atoms with E-state index in [2.05, 4.69) is 0 Å². The number of benzene rings is 1. The lowest BCUT2D eigenvalue weighted by molar-refractivity contribution is -0.141. The van der Waals surface area contributed by atoms with Crippen LogP contribution in [0.3, 0.4) is 0 Å². The Morgan fingerprint density at radius 2 is 1.71 bits per heavy atom. The van der Waals surface area contributed by atoms with E-state index in [1.165, 1.54) is 0 Å². The van der Waals surface area contributed by atoms with Crippen molar-refractivity contribution >= 4 is 17.8 Å². The molecule has 0 saturated heterocycles. The van der Waals surface area contributed by atoms with Gasteiger partial charge in [0.05, 0.1) is 12.0 Å². The van der Waals surface area contributed by atoms with E-state index in [-0.39, 0.29) is 5.56 Å².